The third-order valence-electron chi connectivity index (χ3n) is 3.95. The second-order valence-corrected chi connectivity index (χ2v) is 7.60. The summed E-state index contributed by atoms with van der Waals surface area (Å²) >= 11 is 5.33. The van der Waals surface area contributed by atoms with E-state index in [1.54, 1.807) is 0 Å². The first-order chi connectivity index (χ1) is 10.6. The second kappa shape index (κ2) is 6.47. The number of aryl methyl sites for hydroxylation is 2. The predicted octanol–water partition coefficient (Wildman–Crippen LogP) is 4.95. The average molecular weight is 376 g/mol. The van der Waals surface area contributed by atoms with Crippen LogP contribution in [0.2, 0.25) is 0 Å². The van der Waals surface area contributed by atoms with Crippen LogP contribution in [0.1, 0.15) is 32.4 Å². The van der Waals surface area contributed by atoms with E-state index in [0.717, 1.165) is 22.3 Å². The molecule has 0 spiro atoms. The van der Waals surface area contributed by atoms with Gasteiger partial charge in [-0.2, -0.15) is 0 Å². The van der Waals surface area contributed by atoms with Crippen LogP contribution in [0.25, 0.3) is 0 Å². The number of nitrogens with zero attached hydrogens (tertiary/aromatic N) is 1. The molecule has 1 saturated heterocycles. The monoisotopic (exact) mass is 375 g/mol. The quantitative estimate of drug-likeness (QED) is 0.739. The van der Waals surface area contributed by atoms with Gasteiger partial charge in [0.2, 0.25) is 0 Å². The minimum absolute atomic E-state index is 0.0995. The molecule has 1 fully saturated rings. The molecule has 1 heterocycles. The molecule has 2 aromatic rings. The van der Waals surface area contributed by atoms with E-state index in [0.29, 0.717) is 0 Å². The molecule has 0 saturated carbocycles. The van der Waals surface area contributed by atoms with E-state index in [1.807, 2.05) is 40.9 Å². The molecule has 1 amide bonds. The van der Waals surface area contributed by atoms with Gasteiger partial charge in [0.15, 0.2) is 0 Å². The molecule has 0 aromatic heterocycles. The van der Waals surface area contributed by atoms with Crippen molar-refractivity contribution < 1.29 is 4.79 Å². The van der Waals surface area contributed by atoms with Gasteiger partial charge in [0.05, 0.1) is 5.56 Å². The topological polar surface area (TPSA) is 20.3 Å². The third-order valence-corrected chi connectivity index (χ3v) is 5.88. The van der Waals surface area contributed by atoms with Gasteiger partial charge in [-0.15, -0.1) is 11.8 Å². The van der Waals surface area contributed by atoms with E-state index in [1.165, 1.54) is 16.7 Å². The number of amides is 1. The Kier molecular flexibility index (Phi) is 4.59. The summed E-state index contributed by atoms with van der Waals surface area (Å²) in [5.41, 5.74) is 4.49. The van der Waals surface area contributed by atoms with Crippen LogP contribution < -0.4 is 0 Å². The summed E-state index contributed by atoms with van der Waals surface area (Å²) in [6.45, 7) is 5.02. The maximum Gasteiger partial charge on any atom is 0.256 e. The van der Waals surface area contributed by atoms with Gasteiger partial charge in [-0.05, 0) is 53.0 Å². The van der Waals surface area contributed by atoms with Gasteiger partial charge < -0.3 is 4.90 Å². The molecular formula is C18H18BrNOS. The molecule has 1 atom stereocenters. The van der Waals surface area contributed by atoms with E-state index >= 15 is 0 Å². The molecule has 0 aliphatic carbocycles. The average Bonchev–Trinajstić information content (AvgIpc) is 2.96. The summed E-state index contributed by atoms with van der Waals surface area (Å²) in [7, 11) is 0. The number of hydrogen-bond acceptors (Lipinski definition) is 2. The molecule has 2 aromatic carbocycles. The van der Waals surface area contributed by atoms with Crippen LogP contribution in [0, 0.1) is 13.8 Å². The lowest BCUT2D eigenvalue weighted by Crippen LogP contribution is -2.31. The fourth-order valence-electron chi connectivity index (χ4n) is 2.83. The summed E-state index contributed by atoms with van der Waals surface area (Å²) in [6, 6.07) is 14.1. The number of rotatable bonds is 2. The van der Waals surface area contributed by atoms with Crippen molar-refractivity contribution in [3.8, 4) is 0 Å². The van der Waals surface area contributed by atoms with Gasteiger partial charge in [0.1, 0.15) is 5.37 Å². The first-order valence-corrected chi connectivity index (χ1v) is 9.16. The highest BCUT2D eigenvalue weighted by atomic mass is 79.9. The molecule has 2 nitrogen and oxygen atoms in total. The molecule has 3 rings (SSSR count). The van der Waals surface area contributed by atoms with Crippen LogP contribution in [0.5, 0.6) is 0 Å². The summed E-state index contributed by atoms with van der Waals surface area (Å²) in [5.74, 6) is 1.08. The van der Waals surface area contributed by atoms with E-state index < -0.39 is 0 Å². The Balaban J connectivity index is 1.93. The number of thioether (sulfide) groups is 1. The number of benzene rings is 2. The molecule has 1 aliphatic heterocycles. The Morgan fingerprint density at radius 3 is 2.73 bits per heavy atom. The number of halogens is 1. The van der Waals surface area contributed by atoms with E-state index in [4.69, 9.17) is 0 Å². The first-order valence-electron chi connectivity index (χ1n) is 7.32. The maximum absolute atomic E-state index is 12.9. The lowest BCUT2D eigenvalue weighted by molar-refractivity contribution is 0.0759. The summed E-state index contributed by atoms with van der Waals surface area (Å²) < 4.78 is 0.858. The molecule has 0 bridgehead atoms. The highest BCUT2D eigenvalue weighted by Gasteiger charge is 2.32. The summed E-state index contributed by atoms with van der Waals surface area (Å²) in [5, 5.41) is 0.111. The molecule has 0 radical (unpaired) electrons. The fourth-order valence-corrected chi connectivity index (χ4v) is 4.63. The van der Waals surface area contributed by atoms with Gasteiger partial charge in [-0.25, -0.2) is 0 Å². The lowest BCUT2D eigenvalue weighted by atomic mass is 10.0. The predicted molar refractivity (Wildman–Crippen MR) is 96.3 cm³/mol. The Hall–Kier alpha value is -1.26. The van der Waals surface area contributed by atoms with Crippen molar-refractivity contribution in [2.45, 2.75) is 19.2 Å². The maximum atomic E-state index is 12.9. The summed E-state index contributed by atoms with van der Waals surface area (Å²) in [4.78, 5) is 14.9. The van der Waals surface area contributed by atoms with Gasteiger partial charge >= 0.3 is 0 Å². The van der Waals surface area contributed by atoms with Crippen molar-refractivity contribution >= 4 is 33.6 Å². The number of carbonyl (C=O) groups excluding carboxylic acids is 1. The smallest absolute Gasteiger partial charge is 0.256 e. The summed E-state index contributed by atoms with van der Waals surface area (Å²) in [6.07, 6.45) is 0. The second-order valence-electron chi connectivity index (χ2n) is 5.56. The van der Waals surface area contributed by atoms with Crippen LogP contribution in [0.3, 0.4) is 0 Å². The van der Waals surface area contributed by atoms with Gasteiger partial charge in [0.25, 0.3) is 5.91 Å². The molecule has 1 unspecified atom stereocenters. The fraction of sp³-hybridized carbons (Fsp3) is 0.278. The molecular weight excluding hydrogens is 358 g/mol. The third kappa shape index (κ3) is 2.95. The number of hydrogen-bond donors (Lipinski definition) is 0. The molecule has 22 heavy (non-hydrogen) atoms. The molecule has 1 aliphatic rings. The van der Waals surface area contributed by atoms with Crippen LogP contribution in [0.15, 0.2) is 46.9 Å². The normalized spacial score (nSPS) is 17.8. The van der Waals surface area contributed by atoms with Crippen molar-refractivity contribution in [3.05, 3.63) is 69.2 Å². The Morgan fingerprint density at radius 1 is 1.23 bits per heavy atom. The van der Waals surface area contributed by atoms with Crippen molar-refractivity contribution in [1.29, 1.82) is 0 Å². The highest BCUT2D eigenvalue weighted by Crippen LogP contribution is 2.40. The SMILES string of the molecule is Cc1ccc(C2SCCN2C(=O)c2ccccc2Br)c(C)c1. The van der Waals surface area contributed by atoms with Gasteiger partial charge in [0, 0.05) is 16.8 Å². The molecule has 0 N–H and O–H groups in total. The minimum atomic E-state index is 0.0995. The Labute approximate surface area is 144 Å². The van der Waals surface area contributed by atoms with Crippen molar-refractivity contribution in [3.63, 3.8) is 0 Å². The van der Waals surface area contributed by atoms with Crippen LogP contribution in [-0.2, 0) is 0 Å². The standard InChI is InChI=1S/C18H18BrNOS/c1-12-7-8-14(13(2)11-12)18-20(9-10-22-18)17(21)15-5-3-4-6-16(15)19/h3-8,11,18H,9-10H2,1-2H3. The molecule has 114 valence electrons. The van der Waals surface area contributed by atoms with Crippen LogP contribution in [-0.4, -0.2) is 23.1 Å². The van der Waals surface area contributed by atoms with Crippen LogP contribution in [0.4, 0.5) is 0 Å². The Bertz CT molecular complexity index is 716. The van der Waals surface area contributed by atoms with Crippen molar-refractivity contribution in [1.82, 2.24) is 4.90 Å². The van der Waals surface area contributed by atoms with Crippen LogP contribution >= 0.6 is 27.7 Å². The lowest BCUT2D eigenvalue weighted by Gasteiger charge is -2.26. The Morgan fingerprint density at radius 2 is 2.00 bits per heavy atom. The number of carbonyl (C=O) groups is 1. The zero-order valence-electron chi connectivity index (χ0n) is 12.7. The molecule has 4 heteroatoms. The van der Waals surface area contributed by atoms with Crippen molar-refractivity contribution in [2.24, 2.45) is 0 Å². The van der Waals surface area contributed by atoms with Gasteiger partial charge in [-0.3, -0.25) is 4.79 Å². The van der Waals surface area contributed by atoms with E-state index in [-0.39, 0.29) is 11.3 Å². The highest BCUT2D eigenvalue weighted by molar-refractivity contribution is 9.10. The zero-order chi connectivity index (χ0) is 15.7. The van der Waals surface area contributed by atoms with E-state index in [9.17, 15) is 4.79 Å². The van der Waals surface area contributed by atoms with E-state index in [2.05, 4.69) is 48.0 Å². The minimum Gasteiger partial charge on any atom is -0.322 e. The van der Waals surface area contributed by atoms with Gasteiger partial charge in [-0.1, -0.05) is 35.9 Å². The zero-order valence-corrected chi connectivity index (χ0v) is 15.1. The largest absolute Gasteiger partial charge is 0.322 e. The van der Waals surface area contributed by atoms with Crippen molar-refractivity contribution in [2.75, 3.05) is 12.3 Å². The first kappa shape index (κ1) is 15.6.